The van der Waals surface area contributed by atoms with E-state index >= 15 is 0 Å². The van der Waals surface area contributed by atoms with E-state index in [0.717, 1.165) is 6.07 Å². The van der Waals surface area contributed by atoms with Crippen LogP contribution in [0, 0.1) is 0 Å². The van der Waals surface area contributed by atoms with Gasteiger partial charge in [-0.2, -0.15) is 0 Å². The minimum absolute atomic E-state index is 0.115. The van der Waals surface area contributed by atoms with Crippen molar-refractivity contribution in [3.8, 4) is 34.1 Å². The molecular weight excluding hydrogens is 364 g/mol. The zero-order valence-corrected chi connectivity index (χ0v) is 15.6. The third-order valence-corrected chi connectivity index (χ3v) is 5.32. The molecule has 0 fully saturated rings. The van der Waals surface area contributed by atoms with Gasteiger partial charge in [-0.05, 0) is 18.2 Å². The molecule has 146 valence electrons. The summed E-state index contributed by atoms with van der Waals surface area (Å²) < 4.78 is 17.0. The molecule has 4 rings (SSSR count). The molecular formula is C21H20O7. The van der Waals surface area contributed by atoms with E-state index in [1.807, 2.05) is 13.8 Å². The third kappa shape index (κ3) is 2.51. The van der Waals surface area contributed by atoms with Crippen molar-refractivity contribution in [1.29, 1.82) is 0 Å². The van der Waals surface area contributed by atoms with Gasteiger partial charge < -0.3 is 29.2 Å². The Labute approximate surface area is 160 Å². The number of hydrogen-bond acceptors (Lipinski definition) is 7. The lowest BCUT2D eigenvalue weighted by Gasteiger charge is -2.24. The van der Waals surface area contributed by atoms with Crippen LogP contribution in [0.2, 0.25) is 0 Å². The van der Waals surface area contributed by atoms with Crippen molar-refractivity contribution in [1.82, 2.24) is 0 Å². The molecule has 1 unspecified atom stereocenters. The van der Waals surface area contributed by atoms with E-state index in [1.165, 1.54) is 19.2 Å². The Morgan fingerprint density at radius 1 is 1.14 bits per heavy atom. The predicted molar refractivity (Wildman–Crippen MR) is 102 cm³/mol. The second-order valence-corrected chi connectivity index (χ2v) is 7.35. The maximum Gasteiger partial charge on any atom is 0.344 e. The summed E-state index contributed by atoms with van der Waals surface area (Å²) in [6, 6.07) is 7.27. The molecule has 0 bridgehead atoms. The fraction of sp³-hybridized carbons (Fsp3) is 0.286. The first-order chi connectivity index (χ1) is 13.3. The summed E-state index contributed by atoms with van der Waals surface area (Å²) in [5.74, 6) is 0.578. The van der Waals surface area contributed by atoms with Gasteiger partial charge in [0, 0.05) is 28.7 Å². The van der Waals surface area contributed by atoms with E-state index in [-0.39, 0.29) is 29.2 Å². The molecule has 0 saturated heterocycles. The fourth-order valence-corrected chi connectivity index (χ4v) is 3.76. The number of methoxy groups -OCH3 is 1. The van der Waals surface area contributed by atoms with E-state index in [4.69, 9.17) is 13.9 Å². The van der Waals surface area contributed by atoms with Crippen molar-refractivity contribution in [2.45, 2.75) is 25.4 Å². The van der Waals surface area contributed by atoms with Crippen molar-refractivity contribution >= 4 is 11.0 Å². The highest BCUT2D eigenvalue weighted by molar-refractivity contribution is 5.93. The average molecular weight is 384 g/mol. The SMILES string of the molecule is COc1cc2c(c3oc(=O)c(-c4ccc(O)cc4O)cc13)C(C)(C)C(CO)O2. The molecule has 2 heterocycles. The second-order valence-electron chi connectivity index (χ2n) is 7.35. The minimum atomic E-state index is -0.646. The van der Waals surface area contributed by atoms with Crippen LogP contribution in [0.1, 0.15) is 19.4 Å². The molecule has 1 atom stereocenters. The Morgan fingerprint density at radius 2 is 1.89 bits per heavy atom. The monoisotopic (exact) mass is 384 g/mol. The Balaban J connectivity index is 2.04. The number of ether oxygens (including phenoxy) is 2. The Hall–Kier alpha value is -3.19. The molecule has 2 aromatic carbocycles. The number of aliphatic hydroxyl groups is 1. The van der Waals surface area contributed by atoms with Gasteiger partial charge in [-0.1, -0.05) is 13.8 Å². The third-order valence-electron chi connectivity index (χ3n) is 5.32. The summed E-state index contributed by atoms with van der Waals surface area (Å²) in [4.78, 5) is 12.8. The van der Waals surface area contributed by atoms with Crippen molar-refractivity contribution in [3.05, 3.63) is 46.3 Å². The van der Waals surface area contributed by atoms with Gasteiger partial charge in [0.25, 0.3) is 0 Å². The second kappa shape index (κ2) is 6.17. The van der Waals surface area contributed by atoms with Gasteiger partial charge in [0.1, 0.15) is 34.7 Å². The van der Waals surface area contributed by atoms with Gasteiger partial charge in [0.2, 0.25) is 0 Å². The normalized spacial score (nSPS) is 17.4. The molecule has 0 radical (unpaired) electrons. The zero-order chi connectivity index (χ0) is 20.2. The highest BCUT2D eigenvalue weighted by Gasteiger charge is 2.44. The molecule has 0 saturated carbocycles. The number of aromatic hydroxyl groups is 2. The van der Waals surface area contributed by atoms with E-state index < -0.39 is 17.1 Å². The number of fused-ring (bicyclic) bond motifs is 3. The molecule has 1 aromatic heterocycles. The van der Waals surface area contributed by atoms with Crippen LogP contribution in [-0.2, 0) is 5.41 Å². The van der Waals surface area contributed by atoms with Crippen molar-refractivity contribution in [2.75, 3.05) is 13.7 Å². The summed E-state index contributed by atoms with van der Waals surface area (Å²) in [6.45, 7) is 3.63. The lowest BCUT2D eigenvalue weighted by molar-refractivity contribution is 0.0888. The van der Waals surface area contributed by atoms with Gasteiger partial charge in [0.15, 0.2) is 0 Å². The largest absolute Gasteiger partial charge is 0.508 e. The Morgan fingerprint density at radius 3 is 2.54 bits per heavy atom. The number of phenols is 2. The Bertz CT molecular complexity index is 1140. The minimum Gasteiger partial charge on any atom is -0.508 e. The molecule has 0 amide bonds. The summed E-state index contributed by atoms with van der Waals surface area (Å²) in [5, 5.41) is 29.9. The fourth-order valence-electron chi connectivity index (χ4n) is 3.76. The van der Waals surface area contributed by atoms with Crippen LogP contribution in [-0.4, -0.2) is 35.1 Å². The quantitative estimate of drug-likeness (QED) is 0.596. The number of benzene rings is 2. The molecule has 1 aliphatic rings. The summed E-state index contributed by atoms with van der Waals surface area (Å²) in [5.41, 5.74) is 0.140. The van der Waals surface area contributed by atoms with Crippen LogP contribution in [0.25, 0.3) is 22.1 Å². The first-order valence-electron chi connectivity index (χ1n) is 8.77. The number of aliphatic hydroxyl groups excluding tert-OH is 1. The van der Waals surface area contributed by atoms with E-state index in [2.05, 4.69) is 0 Å². The van der Waals surface area contributed by atoms with Crippen LogP contribution in [0.15, 0.2) is 39.5 Å². The predicted octanol–water partition coefficient (Wildman–Crippen LogP) is 2.91. The van der Waals surface area contributed by atoms with Crippen LogP contribution in [0.3, 0.4) is 0 Å². The van der Waals surface area contributed by atoms with Gasteiger partial charge in [-0.25, -0.2) is 4.79 Å². The highest BCUT2D eigenvalue weighted by Crippen LogP contribution is 2.49. The van der Waals surface area contributed by atoms with E-state index in [0.29, 0.717) is 28.0 Å². The highest BCUT2D eigenvalue weighted by atomic mass is 16.5. The smallest absolute Gasteiger partial charge is 0.344 e. The summed E-state index contributed by atoms with van der Waals surface area (Å²) in [6.07, 6.45) is -0.482. The maximum atomic E-state index is 12.8. The maximum absolute atomic E-state index is 12.8. The van der Waals surface area contributed by atoms with Gasteiger partial charge >= 0.3 is 5.63 Å². The van der Waals surface area contributed by atoms with Crippen molar-refractivity contribution in [2.24, 2.45) is 0 Å². The molecule has 28 heavy (non-hydrogen) atoms. The molecule has 7 nitrogen and oxygen atoms in total. The van der Waals surface area contributed by atoms with E-state index in [9.17, 15) is 20.1 Å². The average Bonchev–Trinajstić information content (AvgIpc) is 2.91. The summed E-state index contributed by atoms with van der Waals surface area (Å²) in [7, 11) is 1.49. The molecule has 3 aromatic rings. The summed E-state index contributed by atoms with van der Waals surface area (Å²) >= 11 is 0. The number of rotatable bonds is 3. The molecule has 7 heteroatoms. The molecule has 3 N–H and O–H groups in total. The number of hydrogen-bond donors (Lipinski definition) is 3. The van der Waals surface area contributed by atoms with Crippen LogP contribution < -0.4 is 15.1 Å². The van der Waals surface area contributed by atoms with Crippen molar-refractivity contribution in [3.63, 3.8) is 0 Å². The van der Waals surface area contributed by atoms with Gasteiger partial charge in [-0.3, -0.25) is 0 Å². The molecule has 0 spiro atoms. The Kier molecular flexibility index (Phi) is 4.01. The van der Waals surface area contributed by atoms with Crippen molar-refractivity contribution < 1.29 is 29.2 Å². The molecule has 1 aliphatic heterocycles. The van der Waals surface area contributed by atoms with E-state index in [1.54, 1.807) is 12.1 Å². The first-order valence-corrected chi connectivity index (χ1v) is 8.77. The van der Waals surface area contributed by atoms with Gasteiger partial charge in [-0.15, -0.1) is 0 Å². The lowest BCUT2D eigenvalue weighted by Crippen LogP contribution is -2.35. The number of phenolic OH excluding ortho intramolecular Hbond substituents is 2. The lowest BCUT2D eigenvalue weighted by atomic mass is 9.80. The zero-order valence-electron chi connectivity index (χ0n) is 15.6. The molecule has 0 aliphatic carbocycles. The first kappa shape index (κ1) is 18.2. The van der Waals surface area contributed by atoms with Gasteiger partial charge in [0.05, 0.1) is 24.7 Å². The van der Waals surface area contributed by atoms with Crippen LogP contribution in [0.5, 0.6) is 23.0 Å². The topological polar surface area (TPSA) is 109 Å². The van der Waals surface area contributed by atoms with Crippen LogP contribution >= 0.6 is 0 Å². The van der Waals surface area contributed by atoms with Crippen LogP contribution in [0.4, 0.5) is 0 Å². The standard InChI is InChI=1S/C21H20O7/c1-21(2)17(9-22)27-16-8-15(26-3)13-7-12(20(25)28-19(13)18(16)21)11-5-4-10(23)6-14(11)24/h4-8,17,22-24H,9H2,1-3H3.